The fraction of sp³-hybridized carbons (Fsp3) is 0.345. The second-order valence-electron chi connectivity index (χ2n) is 10.3. The highest BCUT2D eigenvalue weighted by atomic mass is 32.1. The Morgan fingerprint density at radius 1 is 1.22 bits per heavy atom. The average Bonchev–Trinajstić information content (AvgIpc) is 3.42. The van der Waals surface area contributed by atoms with Crippen LogP contribution >= 0.6 is 11.3 Å². The van der Waals surface area contributed by atoms with Gasteiger partial charge in [0.2, 0.25) is 0 Å². The number of aromatic nitrogens is 2. The van der Waals surface area contributed by atoms with E-state index in [1.54, 1.807) is 18.3 Å². The molecule has 7 nitrogen and oxygen atoms in total. The molecule has 0 saturated heterocycles. The number of thiophene rings is 1. The topological polar surface area (TPSA) is 85.1 Å². The summed E-state index contributed by atoms with van der Waals surface area (Å²) in [4.78, 5) is 27.6. The minimum absolute atomic E-state index is 0.0231. The third kappa shape index (κ3) is 4.70. The maximum atomic E-state index is 11.9. The Bertz CT molecular complexity index is 1590. The Morgan fingerprint density at radius 2 is 1.97 bits per heavy atom. The van der Waals surface area contributed by atoms with E-state index in [1.165, 1.54) is 20.9 Å². The van der Waals surface area contributed by atoms with Gasteiger partial charge >= 0.3 is 0 Å². The summed E-state index contributed by atoms with van der Waals surface area (Å²) in [6, 6.07) is 15.0. The van der Waals surface area contributed by atoms with Crippen molar-refractivity contribution in [2.75, 3.05) is 19.4 Å². The summed E-state index contributed by atoms with van der Waals surface area (Å²) >= 11 is 1.76. The van der Waals surface area contributed by atoms with Crippen molar-refractivity contribution in [1.82, 2.24) is 19.8 Å². The lowest BCUT2D eigenvalue weighted by atomic mass is 10.1. The van der Waals surface area contributed by atoms with Crippen LogP contribution in [0.3, 0.4) is 0 Å². The summed E-state index contributed by atoms with van der Waals surface area (Å²) < 4.78 is 0. The molecule has 188 valence electrons. The molecule has 1 aromatic carbocycles. The zero-order valence-electron chi connectivity index (χ0n) is 21.8. The van der Waals surface area contributed by atoms with Gasteiger partial charge < -0.3 is 15.1 Å². The summed E-state index contributed by atoms with van der Waals surface area (Å²) in [6.45, 7) is 6.88. The van der Waals surface area contributed by atoms with Crippen LogP contribution in [0.4, 0.5) is 5.82 Å². The number of rotatable bonds is 7. The van der Waals surface area contributed by atoms with Crippen molar-refractivity contribution >= 4 is 34.9 Å². The van der Waals surface area contributed by atoms with Crippen LogP contribution < -0.4 is 15.9 Å². The third-order valence-electron chi connectivity index (χ3n) is 6.97. The van der Waals surface area contributed by atoms with E-state index in [9.17, 15) is 10.1 Å². The van der Waals surface area contributed by atoms with Crippen molar-refractivity contribution in [3.63, 3.8) is 0 Å². The molecule has 1 aliphatic carbocycles. The van der Waals surface area contributed by atoms with Crippen molar-refractivity contribution in [1.29, 1.82) is 5.26 Å². The third-order valence-corrected chi connectivity index (χ3v) is 8.27. The van der Waals surface area contributed by atoms with E-state index >= 15 is 0 Å². The average molecular weight is 511 g/mol. The zero-order chi connectivity index (χ0) is 26.3. The van der Waals surface area contributed by atoms with Gasteiger partial charge in [-0.15, -0.1) is 11.3 Å². The molecule has 0 bridgehead atoms. The fourth-order valence-corrected chi connectivity index (χ4v) is 5.80. The normalized spacial score (nSPS) is 16.5. The Balaban J connectivity index is 1.53. The van der Waals surface area contributed by atoms with Crippen LogP contribution in [-0.2, 0) is 11.3 Å². The van der Waals surface area contributed by atoms with Crippen LogP contribution in [0.2, 0.25) is 0 Å². The van der Waals surface area contributed by atoms with Crippen molar-refractivity contribution in [2.24, 2.45) is 0 Å². The quantitative estimate of drug-likeness (QED) is 0.485. The summed E-state index contributed by atoms with van der Waals surface area (Å²) in [7, 11) is 4.16. The van der Waals surface area contributed by atoms with Gasteiger partial charge in [-0.1, -0.05) is 24.3 Å². The second kappa shape index (κ2) is 9.60. The van der Waals surface area contributed by atoms with Gasteiger partial charge in [-0.05, 0) is 71.0 Å². The molecule has 2 aliphatic rings. The molecule has 1 saturated carbocycles. The molecule has 2 aromatic heterocycles. The standard InChI is InChI=1S/C29H30N6OS/c1-18(25-10-11-26(37-25)21-9-7-6-8-20(21)15-34(4)5)31-28-23-16-35(29(3)12-13-29)24(17-36)22(14-30)27(23)32-19(2)33-28/h6-11,16,18H,12-13,15H2,1-5H3,(H,31,32,33). The van der Waals surface area contributed by atoms with Gasteiger partial charge in [-0.25, -0.2) is 14.8 Å². The van der Waals surface area contributed by atoms with E-state index in [0.717, 1.165) is 24.6 Å². The highest BCUT2D eigenvalue weighted by Crippen LogP contribution is 2.44. The van der Waals surface area contributed by atoms with E-state index in [-0.39, 0.29) is 22.9 Å². The van der Waals surface area contributed by atoms with E-state index in [4.69, 9.17) is 4.98 Å². The number of hydrogen-bond acceptors (Lipinski definition) is 8. The zero-order valence-corrected chi connectivity index (χ0v) is 22.6. The predicted molar refractivity (Wildman–Crippen MR) is 147 cm³/mol. The van der Waals surface area contributed by atoms with Gasteiger partial charge in [0.25, 0.3) is 0 Å². The molecular weight excluding hydrogens is 480 g/mol. The summed E-state index contributed by atoms with van der Waals surface area (Å²) in [5.41, 5.74) is 2.86. The molecule has 1 N–H and O–H groups in total. The van der Waals surface area contributed by atoms with Crippen LogP contribution in [0.25, 0.3) is 22.2 Å². The molecule has 8 heteroatoms. The lowest BCUT2D eigenvalue weighted by Crippen LogP contribution is -2.45. The number of hydrogen-bond donors (Lipinski definition) is 1. The molecule has 0 spiro atoms. The van der Waals surface area contributed by atoms with Crippen LogP contribution in [0.15, 0.2) is 42.1 Å². The Kier molecular flexibility index (Phi) is 6.47. The molecule has 1 unspecified atom stereocenters. The number of aryl methyl sites for hydroxylation is 1. The number of allylic oxidation sites excluding steroid dienone is 1. The molecule has 1 aliphatic heterocycles. The first-order chi connectivity index (χ1) is 17.7. The monoisotopic (exact) mass is 510 g/mol. The van der Waals surface area contributed by atoms with Gasteiger partial charge in [0.15, 0.2) is 5.94 Å². The molecule has 3 aromatic rings. The van der Waals surface area contributed by atoms with Gasteiger partial charge in [-0.2, -0.15) is 5.26 Å². The van der Waals surface area contributed by atoms with Crippen molar-refractivity contribution in [2.45, 2.75) is 51.7 Å². The first kappa shape index (κ1) is 24.9. The maximum absolute atomic E-state index is 11.9. The number of anilines is 1. The number of nitriles is 1. The van der Waals surface area contributed by atoms with Crippen LogP contribution in [0.1, 0.15) is 49.0 Å². The maximum Gasteiger partial charge on any atom is 0.152 e. The molecule has 3 heterocycles. The number of nitrogens with zero attached hydrogens (tertiary/aromatic N) is 5. The number of carbonyl (C=O) groups excluding carboxylic acids is 1. The lowest BCUT2D eigenvalue weighted by Gasteiger charge is -2.30. The summed E-state index contributed by atoms with van der Waals surface area (Å²) in [5.74, 6) is 3.20. The van der Waals surface area contributed by atoms with E-state index < -0.39 is 0 Å². The highest BCUT2D eigenvalue weighted by Gasteiger charge is 2.45. The number of fused-ring (bicyclic) bond motifs is 1. The molecule has 0 radical (unpaired) electrons. The van der Waals surface area contributed by atoms with E-state index in [2.05, 4.69) is 85.6 Å². The van der Waals surface area contributed by atoms with E-state index in [1.807, 2.05) is 17.0 Å². The van der Waals surface area contributed by atoms with Gasteiger partial charge in [0.05, 0.1) is 16.6 Å². The van der Waals surface area contributed by atoms with Gasteiger partial charge in [0, 0.05) is 28.0 Å². The van der Waals surface area contributed by atoms with Crippen LogP contribution in [-0.4, -0.2) is 45.3 Å². The molecule has 1 atom stereocenters. The van der Waals surface area contributed by atoms with Crippen molar-refractivity contribution in [3.8, 4) is 16.5 Å². The second-order valence-corrected chi connectivity index (χ2v) is 11.4. The van der Waals surface area contributed by atoms with Gasteiger partial charge in [-0.3, -0.25) is 0 Å². The first-order valence-electron chi connectivity index (χ1n) is 12.4. The van der Waals surface area contributed by atoms with Crippen molar-refractivity contribution < 1.29 is 4.79 Å². The SMILES string of the molecule is Cc1nc(NC(C)c2ccc(-c3ccccc3CN(C)C)s2)c2c(n1)=C(C#N)C(=C=O)N(C1(C)CC1)C=2. The minimum Gasteiger partial charge on any atom is -0.362 e. The van der Waals surface area contributed by atoms with Crippen molar-refractivity contribution in [3.05, 3.63) is 68.9 Å². The van der Waals surface area contributed by atoms with Gasteiger partial charge in [0.1, 0.15) is 29.0 Å². The smallest absolute Gasteiger partial charge is 0.152 e. The molecule has 0 amide bonds. The van der Waals surface area contributed by atoms with E-state index in [0.29, 0.717) is 17.0 Å². The van der Waals surface area contributed by atoms with Crippen LogP contribution in [0.5, 0.6) is 0 Å². The fourth-order valence-electron chi connectivity index (χ4n) is 4.73. The predicted octanol–water partition coefficient (Wildman–Crippen LogP) is 3.74. The first-order valence-corrected chi connectivity index (χ1v) is 13.2. The molecule has 5 rings (SSSR count). The van der Waals surface area contributed by atoms with Crippen LogP contribution in [0, 0.1) is 18.3 Å². The Morgan fingerprint density at radius 3 is 2.65 bits per heavy atom. The number of nitrogens with one attached hydrogen (secondary N) is 1. The minimum atomic E-state index is -0.192. The molecule has 37 heavy (non-hydrogen) atoms. The summed E-state index contributed by atoms with van der Waals surface area (Å²) in [5, 5.41) is 14.7. The molecule has 1 fully saturated rings. The largest absolute Gasteiger partial charge is 0.362 e. The Labute approximate surface area is 221 Å². The summed E-state index contributed by atoms with van der Waals surface area (Å²) in [6.07, 6.45) is 3.80. The number of benzene rings is 1. The Hall–Kier alpha value is -3.76. The highest BCUT2D eigenvalue weighted by molar-refractivity contribution is 7.15. The molecular formula is C29H30N6OS. The lowest BCUT2D eigenvalue weighted by molar-refractivity contribution is 0.382.